The van der Waals surface area contributed by atoms with Crippen LogP contribution in [0.25, 0.3) is 10.9 Å². The van der Waals surface area contributed by atoms with Crippen LogP contribution in [-0.4, -0.2) is 21.9 Å². The van der Waals surface area contributed by atoms with Crippen LogP contribution in [0.4, 0.5) is 0 Å². The molecule has 0 spiro atoms. The van der Waals surface area contributed by atoms with Gasteiger partial charge >= 0.3 is 0 Å². The smallest absolute Gasteiger partial charge is 0.259 e. The van der Waals surface area contributed by atoms with E-state index in [1.807, 2.05) is 48.0 Å². The highest BCUT2D eigenvalue weighted by Gasteiger charge is 2.24. The monoisotopic (exact) mass is 318 g/mol. The molecule has 4 nitrogen and oxygen atoms in total. The molecule has 0 atom stereocenters. The fourth-order valence-corrected chi connectivity index (χ4v) is 3.43. The molecule has 1 aromatic heterocycles. The number of aromatic nitrogens is 1. The largest absolute Gasteiger partial charge is 0.350 e. The highest BCUT2D eigenvalue weighted by Crippen LogP contribution is 2.20. The number of rotatable bonds is 1. The number of benzene rings is 2. The van der Waals surface area contributed by atoms with E-state index in [1.54, 1.807) is 17.2 Å². The van der Waals surface area contributed by atoms with E-state index in [4.69, 9.17) is 0 Å². The Balaban J connectivity index is 1.75. The van der Waals surface area contributed by atoms with E-state index in [9.17, 15) is 9.59 Å². The van der Waals surface area contributed by atoms with Crippen molar-refractivity contribution in [1.29, 1.82) is 0 Å². The van der Waals surface area contributed by atoms with Gasteiger partial charge in [0.25, 0.3) is 5.91 Å². The van der Waals surface area contributed by atoms with Crippen molar-refractivity contribution in [2.75, 3.05) is 6.54 Å². The molecule has 0 saturated carbocycles. The summed E-state index contributed by atoms with van der Waals surface area (Å²) in [5.41, 5.74) is 3.34. The molecule has 4 heteroatoms. The Labute approximate surface area is 140 Å². The highest BCUT2D eigenvalue weighted by atomic mass is 16.2. The maximum atomic E-state index is 12.9. The van der Waals surface area contributed by atoms with Crippen molar-refractivity contribution in [3.8, 4) is 0 Å². The lowest BCUT2D eigenvalue weighted by atomic mass is 9.99. The zero-order chi connectivity index (χ0) is 16.7. The van der Waals surface area contributed by atoms with E-state index >= 15 is 0 Å². The van der Waals surface area contributed by atoms with Crippen LogP contribution in [0.2, 0.25) is 0 Å². The van der Waals surface area contributed by atoms with Crippen LogP contribution in [0.3, 0.4) is 0 Å². The molecule has 120 valence electrons. The van der Waals surface area contributed by atoms with Crippen LogP contribution in [-0.2, 0) is 20.0 Å². The number of aryl methyl sites for hydroxylation is 1. The van der Waals surface area contributed by atoms with Gasteiger partial charge in [0, 0.05) is 31.7 Å². The maximum absolute atomic E-state index is 12.9. The van der Waals surface area contributed by atoms with E-state index in [0.29, 0.717) is 18.5 Å². The second kappa shape index (κ2) is 5.64. The number of fused-ring (bicyclic) bond motifs is 2. The Kier molecular flexibility index (Phi) is 3.45. The lowest BCUT2D eigenvalue weighted by Crippen LogP contribution is -2.38. The number of nitrogens with zero attached hydrogens (tertiary/aromatic N) is 2. The molecular formula is C20H18N2O2. The SMILES string of the molecule is Cn1cc(C(=O)N2CCc3ccccc3C2)c(=O)c2ccccc21. The minimum atomic E-state index is -0.187. The summed E-state index contributed by atoms with van der Waals surface area (Å²) in [5.74, 6) is -0.184. The molecule has 4 rings (SSSR count). The predicted molar refractivity (Wildman–Crippen MR) is 94.1 cm³/mol. The molecule has 1 aliphatic heterocycles. The second-order valence-electron chi connectivity index (χ2n) is 6.25. The molecule has 0 N–H and O–H groups in total. The molecule has 0 bridgehead atoms. The van der Waals surface area contributed by atoms with E-state index in [0.717, 1.165) is 17.5 Å². The third-order valence-electron chi connectivity index (χ3n) is 4.74. The molecule has 0 saturated heterocycles. The minimum Gasteiger partial charge on any atom is -0.350 e. The zero-order valence-electron chi connectivity index (χ0n) is 13.5. The molecule has 0 unspecified atom stereocenters. The number of para-hydroxylation sites is 1. The summed E-state index contributed by atoms with van der Waals surface area (Å²) in [6.45, 7) is 1.21. The van der Waals surface area contributed by atoms with Crippen LogP contribution in [0.15, 0.2) is 59.5 Å². The molecule has 0 radical (unpaired) electrons. The first-order chi connectivity index (χ1) is 11.6. The lowest BCUT2D eigenvalue weighted by molar-refractivity contribution is 0.0733. The molecule has 0 fully saturated rings. The Bertz CT molecular complexity index is 1000. The normalized spacial score (nSPS) is 13.8. The van der Waals surface area contributed by atoms with E-state index in [1.165, 1.54) is 5.56 Å². The number of hydrogen-bond donors (Lipinski definition) is 0. The van der Waals surface area contributed by atoms with Crippen molar-refractivity contribution in [1.82, 2.24) is 9.47 Å². The molecule has 0 aliphatic carbocycles. The van der Waals surface area contributed by atoms with Crippen molar-refractivity contribution in [2.45, 2.75) is 13.0 Å². The first kappa shape index (κ1) is 14.7. The Morgan fingerprint density at radius 3 is 2.54 bits per heavy atom. The van der Waals surface area contributed by atoms with E-state index in [2.05, 4.69) is 6.07 Å². The van der Waals surface area contributed by atoms with Gasteiger partial charge in [-0.1, -0.05) is 36.4 Å². The Morgan fingerprint density at radius 1 is 1.00 bits per heavy atom. The number of pyridine rings is 1. The van der Waals surface area contributed by atoms with Gasteiger partial charge in [-0.25, -0.2) is 0 Å². The number of amides is 1. The third-order valence-corrected chi connectivity index (χ3v) is 4.74. The van der Waals surface area contributed by atoms with Gasteiger partial charge in [-0.3, -0.25) is 9.59 Å². The summed E-state index contributed by atoms with van der Waals surface area (Å²) >= 11 is 0. The van der Waals surface area contributed by atoms with Crippen molar-refractivity contribution in [3.63, 3.8) is 0 Å². The summed E-state index contributed by atoms with van der Waals surface area (Å²) < 4.78 is 1.85. The lowest BCUT2D eigenvalue weighted by Gasteiger charge is -2.29. The van der Waals surface area contributed by atoms with Gasteiger partial charge in [-0.05, 0) is 29.7 Å². The standard InChI is InChI=1S/C20H18N2O2/c1-21-13-17(19(23)16-8-4-5-9-18(16)21)20(24)22-11-10-14-6-2-3-7-15(14)12-22/h2-9,13H,10-12H2,1H3. The van der Waals surface area contributed by atoms with Gasteiger partial charge in [0.05, 0.1) is 5.52 Å². The molecular weight excluding hydrogens is 300 g/mol. The van der Waals surface area contributed by atoms with Gasteiger partial charge in [0.1, 0.15) is 5.56 Å². The average molecular weight is 318 g/mol. The van der Waals surface area contributed by atoms with Crippen LogP contribution >= 0.6 is 0 Å². The minimum absolute atomic E-state index is 0.184. The molecule has 24 heavy (non-hydrogen) atoms. The van der Waals surface area contributed by atoms with Crippen molar-refractivity contribution < 1.29 is 4.79 Å². The van der Waals surface area contributed by atoms with Crippen molar-refractivity contribution in [3.05, 3.63) is 81.6 Å². The first-order valence-corrected chi connectivity index (χ1v) is 8.09. The third kappa shape index (κ3) is 2.31. The number of hydrogen-bond acceptors (Lipinski definition) is 2. The van der Waals surface area contributed by atoms with Crippen LogP contribution in [0.1, 0.15) is 21.5 Å². The number of carbonyl (C=O) groups excluding carboxylic acids is 1. The maximum Gasteiger partial charge on any atom is 0.259 e. The topological polar surface area (TPSA) is 42.3 Å². The quantitative estimate of drug-likeness (QED) is 0.692. The summed E-state index contributed by atoms with van der Waals surface area (Å²) in [5, 5.41) is 0.586. The van der Waals surface area contributed by atoms with Gasteiger partial charge in [-0.2, -0.15) is 0 Å². The fraction of sp³-hybridized carbons (Fsp3) is 0.200. The summed E-state index contributed by atoms with van der Waals surface area (Å²) in [6.07, 6.45) is 2.49. The molecule has 1 aliphatic rings. The second-order valence-corrected chi connectivity index (χ2v) is 6.25. The predicted octanol–water partition coefficient (Wildman–Crippen LogP) is 2.74. The Morgan fingerprint density at radius 2 is 1.71 bits per heavy atom. The summed E-state index contributed by atoms with van der Waals surface area (Å²) in [6, 6.07) is 15.6. The van der Waals surface area contributed by atoms with Crippen LogP contribution in [0, 0.1) is 0 Å². The molecule has 2 aromatic carbocycles. The molecule has 2 heterocycles. The van der Waals surface area contributed by atoms with Crippen LogP contribution < -0.4 is 5.43 Å². The van der Waals surface area contributed by atoms with E-state index < -0.39 is 0 Å². The average Bonchev–Trinajstić information content (AvgIpc) is 2.64. The molecule has 3 aromatic rings. The van der Waals surface area contributed by atoms with Gasteiger partial charge in [0.2, 0.25) is 5.43 Å². The van der Waals surface area contributed by atoms with Gasteiger partial charge in [0.15, 0.2) is 0 Å². The highest BCUT2D eigenvalue weighted by molar-refractivity contribution is 5.97. The zero-order valence-corrected chi connectivity index (χ0v) is 13.5. The fourth-order valence-electron chi connectivity index (χ4n) is 3.43. The van der Waals surface area contributed by atoms with Gasteiger partial charge < -0.3 is 9.47 Å². The van der Waals surface area contributed by atoms with Crippen molar-refractivity contribution >= 4 is 16.8 Å². The molecule has 1 amide bonds. The first-order valence-electron chi connectivity index (χ1n) is 8.09. The number of carbonyl (C=O) groups is 1. The van der Waals surface area contributed by atoms with Gasteiger partial charge in [-0.15, -0.1) is 0 Å². The van der Waals surface area contributed by atoms with Crippen LogP contribution in [0.5, 0.6) is 0 Å². The Hall–Kier alpha value is -2.88. The van der Waals surface area contributed by atoms with E-state index in [-0.39, 0.29) is 16.9 Å². The summed E-state index contributed by atoms with van der Waals surface area (Å²) in [7, 11) is 1.87. The van der Waals surface area contributed by atoms with Crippen molar-refractivity contribution in [2.24, 2.45) is 7.05 Å². The summed E-state index contributed by atoms with van der Waals surface area (Å²) in [4.78, 5) is 27.5.